The maximum atomic E-state index is 6.68. The van der Waals surface area contributed by atoms with Gasteiger partial charge in [-0.1, -0.05) is 0 Å². The van der Waals surface area contributed by atoms with E-state index in [1.807, 2.05) is 0 Å². The van der Waals surface area contributed by atoms with Crippen LogP contribution in [0.15, 0.2) is 42.0 Å². The second kappa shape index (κ2) is 9.57. The smallest absolute Gasteiger partial charge is 1.00 e. The molecular formula is C23H31Cl2OSi2Zr. The van der Waals surface area contributed by atoms with Crippen LogP contribution in [0.2, 0.25) is 38.8 Å². The van der Waals surface area contributed by atoms with Gasteiger partial charge in [0.2, 0.25) is 0 Å². The molecule has 0 atom stereocenters. The normalized spacial score (nSPS) is 15.8. The molecule has 1 aromatic rings. The van der Waals surface area contributed by atoms with Gasteiger partial charge in [-0.15, -0.1) is 0 Å². The molecule has 0 saturated carbocycles. The zero-order valence-corrected chi connectivity index (χ0v) is 24.6. The average molecular weight is 542 g/mol. The summed E-state index contributed by atoms with van der Waals surface area (Å²) in [4.78, 5) is 0. The van der Waals surface area contributed by atoms with Crippen LogP contribution < -0.4 is 34.4 Å². The molecule has 2 aliphatic rings. The maximum absolute atomic E-state index is 6.68. The Bertz CT molecular complexity index is 922. The van der Waals surface area contributed by atoms with Gasteiger partial charge in [0.15, 0.2) is 0 Å². The van der Waals surface area contributed by atoms with Crippen molar-refractivity contribution in [2.75, 3.05) is 0 Å². The summed E-state index contributed by atoms with van der Waals surface area (Å²) in [6.45, 7) is 21.0. The molecule has 0 saturated heterocycles. The fourth-order valence-electron chi connectivity index (χ4n) is 4.20. The van der Waals surface area contributed by atoms with Gasteiger partial charge in [-0.3, -0.25) is 0 Å². The van der Waals surface area contributed by atoms with E-state index in [0.717, 1.165) is 12.2 Å². The van der Waals surface area contributed by atoms with Gasteiger partial charge >= 0.3 is 183 Å². The van der Waals surface area contributed by atoms with E-state index in [0.29, 0.717) is 0 Å². The van der Waals surface area contributed by atoms with Gasteiger partial charge < -0.3 is 24.8 Å². The van der Waals surface area contributed by atoms with Crippen molar-refractivity contribution in [2.24, 2.45) is 0 Å². The van der Waals surface area contributed by atoms with Gasteiger partial charge in [0.25, 0.3) is 0 Å². The molecule has 0 amide bonds. The Morgan fingerprint density at radius 1 is 1.14 bits per heavy atom. The largest absolute Gasteiger partial charge is 1.00 e. The first-order chi connectivity index (χ1) is 12.5. The Balaban J connectivity index is 0.00000210. The molecule has 0 heterocycles. The van der Waals surface area contributed by atoms with Crippen molar-refractivity contribution in [3.8, 4) is 5.75 Å². The maximum Gasteiger partial charge on any atom is -1.00 e. The van der Waals surface area contributed by atoms with Crippen molar-refractivity contribution < 1.29 is 54.0 Å². The summed E-state index contributed by atoms with van der Waals surface area (Å²) in [6, 6.07) is 3.59. The third kappa shape index (κ3) is 5.04. The Morgan fingerprint density at radius 2 is 1.76 bits per heavy atom. The molecule has 0 aliphatic heterocycles. The fraction of sp³-hybridized carbons (Fsp3) is 0.391. The molecule has 0 fully saturated rings. The summed E-state index contributed by atoms with van der Waals surface area (Å²) < 4.78 is 8.12. The predicted molar refractivity (Wildman–Crippen MR) is 121 cm³/mol. The van der Waals surface area contributed by atoms with E-state index in [2.05, 4.69) is 77.5 Å². The van der Waals surface area contributed by atoms with E-state index in [1.54, 1.807) is 0 Å². The summed E-state index contributed by atoms with van der Waals surface area (Å²) >= 11 is 1.46. The van der Waals surface area contributed by atoms with Gasteiger partial charge in [0.1, 0.15) is 0 Å². The van der Waals surface area contributed by atoms with Gasteiger partial charge in [-0.2, -0.15) is 0 Å². The van der Waals surface area contributed by atoms with Gasteiger partial charge in [-0.25, -0.2) is 0 Å². The van der Waals surface area contributed by atoms with Crippen LogP contribution in [-0.2, 0) is 24.7 Å². The summed E-state index contributed by atoms with van der Waals surface area (Å²) in [6.07, 6.45) is 7.70. The first-order valence-corrected chi connectivity index (χ1v) is 17.7. The Labute approximate surface area is 206 Å². The van der Waals surface area contributed by atoms with Crippen molar-refractivity contribution >= 4 is 30.4 Å². The molecule has 0 N–H and O–H groups in total. The minimum Gasteiger partial charge on any atom is -1.00 e. The van der Waals surface area contributed by atoms with E-state index in [-0.39, 0.29) is 24.8 Å². The first-order valence-electron chi connectivity index (χ1n) is 9.87. The summed E-state index contributed by atoms with van der Waals surface area (Å²) in [5.74, 6) is 1.16. The number of hydrogen-bond donors (Lipinski definition) is 0. The number of fused-ring (bicyclic) bond motifs is 1. The zero-order chi connectivity index (χ0) is 20.1. The average Bonchev–Trinajstić information content (AvgIpc) is 3.13. The monoisotopic (exact) mass is 539 g/mol. The molecule has 0 aromatic heterocycles. The molecular weight excluding hydrogens is 511 g/mol. The molecule has 0 radical (unpaired) electrons. The van der Waals surface area contributed by atoms with Crippen molar-refractivity contribution in [3.63, 3.8) is 0 Å². The molecule has 1 nitrogen and oxygen atoms in total. The molecule has 6 heteroatoms. The predicted octanol–water partition coefficient (Wildman–Crippen LogP) is 0.323. The van der Waals surface area contributed by atoms with E-state index < -0.39 is 16.4 Å². The number of allylic oxidation sites excluding steroid dienone is 6. The molecule has 3 rings (SSSR count). The Morgan fingerprint density at radius 3 is 2.24 bits per heavy atom. The van der Waals surface area contributed by atoms with Crippen LogP contribution in [-0.4, -0.2) is 16.4 Å². The van der Waals surface area contributed by atoms with Crippen LogP contribution in [0.1, 0.15) is 30.0 Å². The van der Waals surface area contributed by atoms with Crippen molar-refractivity contribution in [2.45, 2.75) is 59.0 Å². The Kier molecular flexibility index (Phi) is 8.88. The van der Waals surface area contributed by atoms with E-state index >= 15 is 0 Å². The van der Waals surface area contributed by atoms with E-state index in [4.69, 9.17) is 4.43 Å². The van der Waals surface area contributed by atoms with Crippen LogP contribution in [0.25, 0.3) is 8.85 Å². The minimum absolute atomic E-state index is 0. The molecule has 155 valence electrons. The third-order valence-corrected chi connectivity index (χ3v) is 11.6. The van der Waals surface area contributed by atoms with Crippen LogP contribution in [0.4, 0.5) is 0 Å². The second-order valence-corrected chi connectivity index (χ2v) is 19.9. The number of benzene rings is 1. The van der Waals surface area contributed by atoms with Gasteiger partial charge in [-0.05, 0) is 0 Å². The number of hydrogen-bond acceptors (Lipinski definition) is 1. The van der Waals surface area contributed by atoms with Gasteiger partial charge in [0.05, 0.1) is 0 Å². The number of rotatable bonds is 5. The van der Waals surface area contributed by atoms with Crippen LogP contribution in [0.5, 0.6) is 5.75 Å². The van der Waals surface area contributed by atoms with Crippen molar-refractivity contribution in [1.29, 1.82) is 0 Å². The molecule has 2 aliphatic carbocycles. The molecule has 1 aromatic carbocycles. The van der Waals surface area contributed by atoms with Crippen molar-refractivity contribution in [1.82, 2.24) is 0 Å². The van der Waals surface area contributed by atoms with Gasteiger partial charge in [0, 0.05) is 0 Å². The molecule has 29 heavy (non-hydrogen) atoms. The van der Waals surface area contributed by atoms with Crippen molar-refractivity contribution in [3.05, 3.63) is 58.7 Å². The first kappa shape index (κ1) is 26.9. The Hall–Kier alpha value is -0.123. The summed E-state index contributed by atoms with van der Waals surface area (Å²) in [7, 11) is -3.26. The van der Waals surface area contributed by atoms with Crippen LogP contribution in [0, 0.1) is 6.92 Å². The zero-order valence-electron chi connectivity index (χ0n) is 18.6. The van der Waals surface area contributed by atoms with E-state index in [1.165, 1.54) is 72.6 Å². The minimum atomic E-state index is -1.69. The number of halogens is 2. The molecule has 0 unspecified atom stereocenters. The second-order valence-electron chi connectivity index (χ2n) is 9.30. The molecule has 0 spiro atoms. The summed E-state index contributed by atoms with van der Waals surface area (Å²) in [5.41, 5.74) is 8.22. The van der Waals surface area contributed by atoms with Crippen LogP contribution >= 0.6 is 0 Å². The van der Waals surface area contributed by atoms with E-state index in [9.17, 15) is 0 Å². The topological polar surface area (TPSA) is 9.23 Å². The summed E-state index contributed by atoms with van der Waals surface area (Å²) in [5, 5.41) is 1.51. The quantitative estimate of drug-likeness (QED) is 0.488. The molecule has 0 bridgehead atoms. The SMILES string of the molecule is C=C1C(C2=CC=CC2)=[C]([Zr+2])c2cc(O[Si](C)(C)C)c([Si](C)(C)CC)c(C)c21.[Cl-].[Cl-]. The fourth-order valence-corrected chi connectivity index (χ4v) is 8.66. The van der Waals surface area contributed by atoms with Crippen LogP contribution in [0.3, 0.4) is 0 Å². The third-order valence-electron chi connectivity index (χ3n) is 5.73. The standard InChI is InChI=1S/C23H31OSi2.2ClH.Zr/c1-9-26(7,8)23-17(3)22-16(2)20(18-12-10-11-13-18)14-19(22)15-21(23)24-25(4,5)6;;;/h10-12,15H,2,9,13H2,1,3-8H3;2*1H;/q;;;+2/p-2.